The SMILES string of the molecule is CCNC(=NCc1cn2ccsc2n1)NCCOc1ccc(C)cc1. The van der Waals surface area contributed by atoms with Gasteiger partial charge in [0.2, 0.25) is 0 Å². The van der Waals surface area contributed by atoms with Gasteiger partial charge in [0.25, 0.3) is 0 Å². The largest absolute Gasteiger partial charge is 0.492 e. The molecule has 0 atom stereocenters. The van der Waals surface area contributed by atoms with E-state index >= 15 is 0 Å². The fraction of sp³-hybridized carbons (Fsp3) is 0.333. The topological polar surface area (TPSA) is 63.0 Å². The maximum absolute atomic E-state index is 5.72. The number of fused-ring (bicyclic) bond motifs is 1. The Hall–Kier alpha value is -2.54. The molecule has 3 rings (SSSR count). The number of hydrogen-bond acceptors (Lipinski definition) is 4. The number of thiazole rings is 1. The van der Waals surface area contributed by atoms with Crippen LogP contribution < -0.4 is 15.4 Å². The Balaban J connectivity index is 1.48. The Morgan fingerprint density at radius 1 is 1.28 bits per heavy atom. The van der Waals surface area contributed by atoms with E-state index in [0.29, 0.717) is 19.7 Å². The van der Waals surface area contributed by atoms with E-state index in [4.69, 9.17) is 4.74 Å². The van der Waals surface area contributed by atoms with Crippen molar-refractivity contribution >= 4 is 22.3 Å². The summed E-state index contributed by atoms with van der Waals surface area (Å²) >= 11 is 1.62. The van der Waals surface area contributed by atoms with Gasteiger partial charge in [-0.25, -0.2) is 9.98 Å². The fourth-order valence-corrected chi connectivity index (χ4v) is 3.05. The number of guanidine groups is 1. The van der Waals surface area contributed by atoms with Gasteiger partial charge in [0.05, 0.1) is 18.8 Å². The van der Waals surface area contributed by atoms with E-state index in [9.17, 15) is 0 Å². The van der Waals surface area contributed by atoms with Crippen molar-refractivity contribution in [1.29, 1.82) is 0 Å². The van der Waals surface area contributed by atoms with Gasteiger partial charge < -0.3 is 15.4 Å². The molecule has 0 aliphatic heterocycles. The van der Waals surface area contributed by atoms with E-state index in [1.54, 1.807) is 11.3 Å². The Morgan fingerprint density at radius 2 is 2.12 bits per heavy atom. The molecule has 2 heterocycles. The lowest BCUT2D eigenvalue weighted by molar-refractivity contribution is 0.322. The predicted molar refractivity (Wildman–Crippen MR) is 103 cm³/mol. The van der Waals surface area contributed by atoms with Crippen molar-refractivity contribution in [2.75, 3.05) is 19.7 Å². The van der Waals surface area contributed by atoms with Crippen LogP contribution >= 0.6 is 11.3 Å². The lowest BCUT2D eigenvalue weighted by Crippen LogP contribution is -2.39. The lowest BCUT2D eigenvalue weighted by atomic mass is 10.2. The van der Waals surface area contributed by atoms with E-state index < -0.39 is 0 Å². The molecule has 7 heteroatoms. The van der Waals surface area contributed by atoms with Crippen molar-refractivity contribution in [3.8, 4) is 5.75 Å². The van der Waals surface area contributed by atoms with Crippen LogP contribution in [0.3, 0.4) is 0 Å². The Bertz CT molecular complexity index is 793. The van der Waals surface area contributed by atoms with Crippen LogP contribution in [0.25, 0.3) is 4.96 Å². The molecule has 0 bridgehead atoms. The second-order valence-corrected chi connectivity index (χ2v) is 6.48. The molecule has 2 N–H and O–H groups in total. The first kappa shape index (κ1) is 17.3. The summed E-state index contributed by atoms with van der Waals surface area (Å²) in [4.78, 5) is 10.1. The highest BCUT2D eigenvalue weighted by Crippen LogP contribution is 2.12. The molecule has 0 fully saturated rings. The van der Waals surface area contributed by atoms with E-state index in [1.807, 2.05) is 53.4 Å². The summed E-state index contributed by atoms with van der Waals surface area (Å²) in [5, 5.41) is 8.54. The number of nitrogens with one attached hydrogen (secondary N) is 2. The molecular weight excluding hydrogens is 334 g/mol. The number of rotatable bonds is 7. The fourth-order valence-electron chi connectivity index (χ4n) is 2.33. The number of aromatic nitrogens is 2. The van der Waals surface area contributed by atoms with Crippen molar-refractivity contribution in [2.24, 2.45) is 4.99 Å². The zero-order valence-corrected chi connectivity index (χ0v) is 15.3. The van der Waals surface area contributed by atoms with Crippen LogP contribution in [0.2, 0.25) is 0 Å². The van der Waals surface area contributed by atoms with Crippen molar-refractivity contribution in [3.63, 3.8) is 0 Å². The van der Waals surface area contributed by atoms with Gasteiger partial charge in [0.15, 0.2) is 10.9 Å². The minimum atomic E-state index is 0.544. The third kappa shape index (κ3) is 4.96. The summed E-state index contributed by atoms with van der Waals surface area (Å²) in [5.74, 6) is 1.65. The number of nitrogens with zero attached hydrogens (tertiary/aromatic N) is 3. The molecule has 0 amide bonds. The summed E-state index contributed by atoms with van der Waals surface area (Å²) in [7, 11) is 0. The quantitative estimate of drug-likeness (QED) is 0.388. The Kier molecular flexibility index (Phi) is 5.90. The van der Waals surface area contributed by atoms with Gasteiger partial charge >= 0.3 is 0 Å². The van der Waals surface area contributed by atoms with E-state index in [2.05, 4.69) is 27.5 Å². The van der Waals surface area contributed by atoms with Crippen molar-refractivity contribution in [1.82, 2.24) is 20.0 Å². The minimum absolute atomic E-state index is 0.544. The standard InChI is InChI=1S/C18H23N5OS/c1-3-19-17(20-8-10-24-16-6-4-14(2)5-7-16)21-12-15-13-23-9-11-25-18(23)22-15/h4-7,9,11,13H,3,8,10,12H2,1-2H3,(H2,19,20,21). The zero-order valence-electron chi connectivity index (χ0n) is 14.5. The average molecular weight is 357 g/mol. The van der Waals surface area contributed by atoms with Crippen LogP contribution in [0.15, 0.2) is 47.0 Å². The van der Waals surface area contributed by atoms with E-state index in [-0.39, 0.29) is 0 Å². The van der Waals surface area contributed by atoms with Crippen LogP contribution in [-0.4, -0.2) is 35.0 Å². The molecule has 3 aromatic rings. The van der Waals surface area contributed by atoms with E-state index in [1.165, 1.54) is 5.56 Å². The monoisotopic (exact) mass is 357 g/mol. The first-order chi connectivity index (χ1) is 12.2. The number of aryl methyl sites for hydroxylation is 1. The zero-order chi connectivity index (χ0) is 17.5. The summed E-state index contributed by atoms with van der Waals surface area (Å²) in [6.07, 6.45) is 4.02. The first-order valence-corrected chi connectivity index (χ1v) is 9.25. The normalized spacial score (nSPS) is 11.7. The van der Waals surface area contributed by atoms with Gasteiger partial charge in [-0.3, -0.25) is 4.40 Å². The van der Waals surface area contributed by atoms with Gasteiger partial charge in [0.1, 0.15) is 12.4 Å². The van der Waals surface area contributed by atoms with Crippen molar-refractivity contribution in [3.05, 3.63) is 53.3 Å². The number of aliphatic imine (C=N–C) groups is 1. The van der Waals surface area contributed by atoms with Gasteiger partial charge in [-0.05, 0) is 26.0 Å². The molecule has 0 saturated heterocycles. The molecule has 0 spiro atoms. The molecule has 25 heavy (non-hydrogen) atoms. The Morgan fingerprint density at radius 3 is 2.88 bits per heavy atom. The number of hydrogen-bond donors (Lipinski definition) is 2. The second kappa shape index (κ2) is 8.53. The molecule has 132 valence electrons. The van der Waals surface area contributed by atoms with E-state index in [0.717, 1.165) is 28.9 Å². The lowest BCUT2D eigenvalue weighted by Gasteiger charge is -2.12. The molecule has 0 saturated carbocycles. The van der Waals surface area contributed by atoms with Crippen LogP contribution in [0, 0.1) is 6.92 Å². The molecule has 0 aliphatic rings. The average Bonchev–Trinajstić information content (AvgIpc) is 3.19. The molecule has 6 nitrogen and oxygen atoms in total. The first-order valence-electron chi connectivity index (χ1n) is 8.37. The highest BCUT2D eigenvalue weighted by Gasteiger charge is 2.03. The summed E-state index contributed by atoms with van der Waals surface area (Å²) in [5.41, 5.74) is 2.19. The molecule has 0 radical (unpaired) electrons. The summed E-state index contributed by atoms with van der Waals surface area (Å²) in [6.45, 7) is 6.72. The molecule has 0 unspecified atom stereocenters. The van der Waals surface area contributed by atoms with Crippen LogP contribution in [0.4, 0.5) is 0 Å². The van der Waals surface area contributed by atoms with Gasteiger partial charge in [-0.15, -0.1) is 11.3 Å². The summed E-state index contributed by atoms with van der Waals surface area (Å²) in [6, 6.07) is 8.06. The predicted octanol–water partition coefficient (Wildman–Crippen LogP) is 2.84. The second-order valence-electron chi connectivity index (χ2n) is 5.61. The van der Waals surface area contributed by atoms with Crippen LogP contribution in [0.5, 0.6) is 5.75 Å². The number of imidazole rings is 1. The molecular formula is C18H23N5OS. The highest BCUT2D eigenvalue weighted by molar-refractivity contribution is 7.15. The maximum Gasteiger partial charge on any atom is 0.193 e. The van der Waals surface area contributed by atoms with Crippen molar-refractivity contribution < 1.29 is 4.74 Å². The number of benzene rings is 1. The van der Waals surface area contributed by atoms with Gasteiger partial charge in [-0.2, -0.15) is 0 Å². The minimum Gasteiger partial charge on any atom is -0.492 e. The van der Waals surface area contributed by atoms with Gasteiger partial charge in [-0.1, -0.05) is 17.7 Å². The molecule has 1 aromatic carbocycles. The third-order valence-electron chi connectivity index (χ3n) is 3.57. The molecule has 0 aliphatic carbocycles. The van der Waals surface area contributed by atoms with Crippen LogP contribution in [-0.2, 0) is 6.54 Å². The maximum atomic E-state index is 5.72. The van der Waals surface area contributed by atoms with Gasteiger partial charge in [0, 0.05) is 24.3 Å². The Labute approximate surface area is 151 Å². The molecule has 2 aromatic heterocycles. The van der Waals surface area contributed by atoms with Crippen molar-refractivity contribution in [2.45, 2.75) is 20.4 Å². The smallest absolute Gasteiger partial charge is 0.193 e. The number of ether oxygens (including phenoxy) is 1. The van der Waals surface area contributed by atoms with Crippen LogP contribution in [0.1, 0.15) is 18.2 Å². The summed E-state index contributed by atoms with van der Waals surface area (Å²) < 4.78 is 7.74. The third-order valence-corrected chi connectivity index (χ3v) is 4.34. The highest BCUT2D eigenvalue weighted by atomic mass is 32.1.